The van der Waals surface area contributed by atoms with Crippen molar-refractivity contribution in [2.24, 2.45) is 0 Å². The average molecular weight is 392 g/mol. The summed E-state index contributed by atoms with van der Waals surface area (Å²) in [7, 11) is 0. The predicted molar refractivity (Wildman–Crippen MR) is 83.5 cm³/mol. The molecule has 4 nitrogen and oxygen atoms in total. The maximum atomic E-state index is 13.4. The standard InChI is InChI=1S/C18H17F5O4/c1-3-6-10(4-2)27-13(25)8-5-7-12(24)26-9-11-14(19)16(21)18(23)17(22)15(11)20/h10H,4-5,7-9H2,1-2H3. The molecule has 27 heavy (non-hydrogen) atoms. The number of hydrogen-bond donors (Lipinski definition) is 0. The minimum absolute atomic E-state index is 0.0186. The van der Waals surface area contributed by atoms with E-state index in [1.807, 2.05) is 0 Å². The molecular formula is C18H17F5O4. The van der Waals surface area contributed by atoms with Gasteiger partial charge in [-0.2, -0.15) is 0 Å². The minimum Gasteiger partial charge on any atom is -0.461 e. The van der Waals surface area contributed by atoms with Gasteiger partial charge >= 0.3 is 11.9 Å². The van der Waals surface area contributed by atoms with Crippen molar-refractivity contribution in [2.75, 3.05) is 0 Å². The third-order valence-corrected chi connectivity index (χ3v) is 3.39. The molecule has 0 saturated heterocycles. The summed E-state index contributed by atoms with van der Waals surface area (Å²) in [6.07, 6.45) is -0.467. The van der Waals surface area contributed by atoms with Gasteiger partial charge in [0.15, 0.2) is 29.4 Å². The lowest BCUT2D eigenvalue weighted by Crippen LogP contribution is -2.16. The lowest BCUT2D eigenvalue weighted by molar-refractivity contribution is -0.147. The van der Waals surface area contributed by atoms with E-state index in [4.69, 9.17) is 4.74 Å². The van der Waals surface area contributed by atoms with Gasteiger partial charge in [-0.15, -0.1) is 5.92 Å². The zero-order chi connectivity index (χ0) is 20.6. The van der Waals surface area contributed by atoms with Gasteiger partial charge < -0.3 is 9.47 Å². The Morgan fingerprint density at radius 3 is 1.96 bits per heavy atom. The van der Waals surface area contributed by atoms with Crippen LogP contribution in [0, 0.1) is 40.9 Å². The lowest BCUT2D eigenvalue weighted by atomic mass is 10.2. The van der Waals surface area contributed by atoms with Crippen LogP contribution in [0.4, 0.5) is 22.0 Å². The summed E-state index contributed by atoms with van der Waals surface area (Å²) >= 11 is 0. The molecule has 0 saturated carbocycles. The van der Waals surface area contributed by atoms with Crippen LogP contribution in [-0.4, -0.2) is 18.0 Å². The first-order valence-electron chi connectivity index (χ1n) is 8.00. The molecule has 1 aromatic carbocycles. The van der Waals surface area contributed by atoms with E-state index in [1.165, 1.54) is 0 Å². The summed E-state index contributed by atoms with van der Waals surface area (Å²) in [5.74, 6) is -6.93. The molecule has 1 unspecified atom stereocenters. The van der Waals surface area contributed by atoms with Crippen LogP contribution in [0.2, 0.25) is 0 Å². The fraction of sp³-hybridized carbons (Fsp3) is 0.444. The maximum Gasteiger partial charge on any atom is 0.307 e. The smallest absolute Gasteiger partial charge is 0.307 e. The van der Waals surface area contributed by atoms with Crippen molar-refractivity contribution in [3.05, 3.63) is 34.6 Å². The second kappa shape index (κ2) is 10.5. The van der Waals surface area contributed by atoms with Gasteiger partial charge in [-0.3, -0.25) is 9.59 Å². The molecule has 0 amide bonds. The Bertz CT molecular complexity index is 738. The maximum absolute atomic E-state index is 13.4. The van der Waals surface area contributed by atoms with Gasteiger partial charge in [0.25, 0.3) is 0 Å². The topological polar surface area (TPSA) is 52.6 Å². The Morgan fingerprint density at radius 2 is 1.44 bits per heavy atom. The Balaban J connectivity index is 2.51. The molecular weight excluding hydrogens is 375 g/mol. The van der Waals surface area contributed by atoms with Crippen LogP contribution in [0.3, 0.4) is 0 Å². The Kier molecular flexibility index (Phi) is 8.72. The van der Waals surface area contributed by atoms with Gasteiger partial charge in [-0.25, -0.2) is 22.0 Å². The van der Waals surface area contributed by atoms with Crippen LogP contribution in [0.5, 0.6) is 0 Å². The summed E-state index contributed by atoms with van der Waals surface area (Å²) in [4.78, 5) is 23.1. The van der Waals surface area contributed by atoms with Crippen molar-refractivity contribution in [3.63, 3.8) is 0 Å². The largest absolute Gasteiger partial charge is 0.461 e. The fourth-order valence-corrected chi connectivity index (χ4v) is 1.97. The highest BCUT2D eigenvalue weighted by atomic mass is 19.2. The molecule has 0 aromatic heterocycles. The number of hydrogen-bond acceptors (Lipinski definition) is 4. The summed E-state index contributed by atoms with van der Waals surface area (Å²) in [6, 6.07) is 0. The van der Waals surface area contributed by atoms with Crippen LogP contribution in [0.15, 0.2) is 0 Å². The Hall–Kier alpha value is -2.63. The number of halogens is 5. The van der Waals surface area contributed by atoms with Gasteiger partial charge in [0.2, 0.25) is 5.82 Å². The molecule has 0 aliphatic carbocycles. The molecule has 0 aliphatic rings. The van der Waals surface area contributed by atoms with Gasteiger partial charge in [0.05, 0.1) is 5.56 Å². The first kappa shape index (κ1) is 22.4. The quantitative estimate of drug-likeness (QED) is 0.221. The highest BCUT2D eigenvalue weighted by Crippen LogP contribution is 2.23. The molecule has 0 radical (unpaired) electrons. The minimum atomic E-state index is -2.29. The molecule has 148 valence electrons. The van der Waals surface area contributed by atoms with Crippen molar-refractivity contribution < 1.29 is 41.0 Å². The molecule has 1 aromatic rings. The molecule has 9 heteroatoms. The van der Waals surface area contributed by atoms with E-state index < -0.39 is 59.3 Å². The number of esters is 2. The fourth-order valence-electron chi connectivity index (χ4n) is 1.97. The number of carbonyl (C=O) groups excluding carboxylic acids is 2. The van der Waals surface area contributed by atoms with Gasteiger partial charge in [0, 0.05) is 12.8 Å². The Labute approximate surface area is 152 Å². The zero-order valence-electron chi connectivity index (χ0n) is 14.6. The number of rotatable bonds is 8. The van der Waals surface area contributed by atoms with Gasteiger partial charge in [-0.1, -0.05) is 12.8 Å². The van der Waals surface area contributed by atoms with E-state index in [0.29, 0.717) is 6.42 Å². The summed E-state index contributed by atoms with van der Waals surface area (Å²) in [6.45, 7) is 2.25. The SMILES string of the molecule is CC#CC(CC)OC(=O)CCCC(=O)OCc1c(F)c(F)c(F)c(F)c1F. The van der Waals surface area contributed by atoms with Crippen molar-refractivity contribution in [2.45, 2.75) is 52.2 Å². The van der Waals surface area contributed by atoms with Crippen LogP contribution >= 0.6 is 0 Å². The Morgan fingerprint density at radius 1 is 0.926 bits per heavy atom. The van der Waals surface area contributed by atoms with Crippen LogP contribution in [-0.2, 0) is 25.7 Å². The molecule has 1 rings (SSSR count). The first-order chi connectivity index (χ1) is 12.7. The monoisotopic (exact) mass is 392 g/mol. The van der Waals surface area contributed by atoms with E-state index in [2.05, 4.69) is 16.6 Å². The number of ether oxygens (including phenoxy) is 2. The number of carbonyl (C=O) groups is 2. The van der Waals surface area contributed by atoms with E-state index in [0.717, 1.165) is 0 Å². The highest BCUT2D eigenvalue weighted by molar-refractivity contribution is 5.72. The summed E-state index contributed by atoms with van der Waals surface area (Å²) < 4.78 is 75.4. The van der Waals surface area contributed by atoms with Crippen molar-refractivity contribution in [3.8, 4) is 11.8 Å². The molecule has 0 aliphatic heterocycles. The van der Waals surface area contributed by atoms with Crippen molar-refractivity contribution in [1.29, 1.82) is 0 Å². The second-order valence-corrected chi connectivity index (χ2v) is 5.34. The van der Waals surface area contributed by atoms with Crippen molar-refractivity contribution >= 4 is 11.9 Å². The zero-order valence-corrected chi connectivity index (χ0v) is 14.6. The normalized spacial score (nSPS) is 11.4. The molecule has 0 bridgehead atoms. The van der Waals surface area contributed by atoms with Crippen LogP contribution in [0.25, 0.3) is 0 Å². The van der Waals surface area contributed by atoms with E-state index in [9.17, 15) is 31.5 Å². The third-order valence-electron chi connectivity index (χ3n) is 3.39. The average Bonchev–Trinajstić information content (AvgIpc) is 2.64. The van der Waals surface area contributed by atoms with Crippen LogP contribution in [0.1, 0.15) is 45.1 Å². The van der Waals surface area contributed by atoms with E-state index in [1.54, 1.807) is 13.8 Å². The van der Waals surface area contributed by atoms with Crippen molar-refractivity contribution in [1.82, 2.24) is 0 Å². The predicted octanol–water partition coefficient (Wildman–Crippen LogP) is 3.94. The molecule has 0 N–H and O–H groups in total. The third kappa shape index (κ3) is 6.24. The molecule has 1 atom stereocenters. The highest BCUT2D eigenvalue weighted by Gasteiger charge is 2.26. The molecule has 0 spiro atoms. The number of benzene rings is 1. The summed E-state index contributed by atoms with van der Waals surface area (Å²) in [5, 5.41) is 0. The van der Waals surface area contributed by atoms with E-state index >= 15 is 0 Å². The first-order valence-corrected chi connectivity index (χ1v) is 8.00. The van der Waals surface area contributed by atoms with Gasteiger partial charge in [0.1, 0.15) is 6.61 Å². The lowest BCUT2D eigenvalue weighted by Gasteiger charge is -2.10. The van der Waals surface area contributed by atoms with Gasteiger partial charge in [-0.05, 0) is 19.8 Å². The molecule has 0 heterocycles. The van der Waals surface area contributed by atoms with Crippen LogP contribution < -0.4 is 0 Å². The molecule has 0 fully saturated rings. The van der Waals surface area contributed by atoms with E-state index in [-0.39, 0.29) is 19.3 Å². The summed E-state index contributed by atoms with van der Waals surface area (Å²) in [5.41, 5.74) is -1.25. The second-order valence-electron chi connectivity index (χ2n) is 5.34.